The average molecular weight is 346 g/mol. The minimum absolute atomic E-state index is 0.0803. The van der Waals surface area contributed by atoms with Gasteiger partial charge in [-0.2, -0.15) is 13.5 Å². The molecule has 0 spiro atoms. The maximum absolute atomic E-state index is 12.9. The van der Waals surface area contributed by atoms with E-state index in [9.17, 15) is 21.6 Å². The molecule has 0 atom stereocenters. The van der Waals surface area contributed by atoms with Crippen LogP contribution in [0.15, 0.2) is 23.1 Å². The zero-order chi connectivity index (χ0) is 15.7. The third-order valence-electron chi connectivity index (χ3n) is 2.79. The molecule has 1 heterocycles. The van der Waals surface area contributed by atoms with Gasteiger partial charge in [-0.05, 0) is 18.2 Å². The van der Waals surface area contributed by atoms with Crippen molar-refractivity contribution in [2.75, 3.05) is 19.9 Å². The third-order valence-corrected chi connectivity index (χ3v) is 4.66. The van der Waals surface area contributed by atoms with E-state index in [2.05, 4.69) is 9.46 Å². The van der Waals surface area contributed by atoms with Gasteiger partial charge in [0.25, 0.3) is 0 Å². The van der Waals surface area contributed by atoms with Crippen LogP contribution in [0.2, 0.25) is 5.02 Å². The topological polar surface area (TPSA) is 64.6 Å². The van der Waals surface area contributed by atoms with E-state index < -0.39 is 28.8 Å². The molecule has 5 nitrogen and oxygen atoms in total. The highest BCUT2D eigenvalue weighted by Crippen LogP contribution is 2.29. The number of alkyl halides is 3. The average Bonchev–Trinajstić information content (AvgIpc) is 2.36. The number of ether oxygens (including phenoxy) is 2. The summed E-state index contributed by atoms with van der Waals surface area (Å²) >= 11 is 5.68. The van der Waals surface area contributed by atoms with Crippen molar-refractivity contribution in [1.29, 1.82) is 0 Å². The maximum Gasteiger partial charge on any atom is 0.387 e. The van der Waals surface area contributed by atoms with Crippen molar-refractivity contribution in [3.63, 3.8) is 0 Å². The number of hydrogen-bond donors (Lipinski definition) is 1. The Labute approximate surface area is 124 Å². The fourth-order valence-electron chi connectivity index (χ4n) is 1.70. The van der Waals surface area contributed by atoms with Crippen LogP contribution in [-0.4, -0.2) is 40.5 Å². The molecule has 1 aliphatic rings. The van der Waals surface area contributed by atoms with Gasteiger partial charge in [0.05, 0.1) is 23.1 Å². The lowest BCUT2D eigenvalue weighted by Gasteiger charge is -2.39. The Bertz CT molecular complexity index is 616. The summed E-state index contributed by atoms with van der Waals surface area (Å²) in [6, 6.07) is 2.99. The number of rotatable bonds is 6. The van der Waals surface area contributed by atoms with Crippen molar-refractivity contribution in [1.82, 2.24) is 4.72 Å². The van der Waals surface area contributed by atoms with Crippen molar-refractivity contribution in [3.8, 4) is 5.75 Å². The minimum atomic E-state index is -4.06. The molecule has 1 N–H and O–H groups in total. The normalized spacial score (nSPS) is 17.6. The molecule has 0 saturated carbocycles. The molecule has 0 radical (unpaired) electrons. The Balaban J connectivity index is 2.22. The number of sulfonamides is 1. The molecule has 0 amide bonds. The highest BCUT2D eigenvalue weighted by molar-refractivity contribution is 7.89. The molecule has 21 heavy (non-hydrogen) atoms. The van der Waals surface area contributed by atoms with Gasteiger partial charge in [-0.3, -0.25) is 0 Å². The van der Waals surface area contributed by atoms with E-state index in [1.807, 2.05) is 0 Å². The van der Waals surface area contributed by atoms with Crippen molar-refractivity contribution in [3.05, 3.63) is 23.2 Å². The first-order chi connectivity index (χ1) is 9.78. The molecule has 2 rings (SSSR count). The Kier molecular flexibility index (Phi) is 4.66. The van der Waals surface area contributed by atoms with Gasteiger partial charge in [-0.15, -0.1) is 0 Å². The smallest absolute Gasteiger partial charge is 0.387 e. The summed E-state index contributed by atoms with van der Waals surface area (Å²) in [5.41, 5.74) is -1.29. The Morgan fingerprint density at radius 2 is 2.10 bits per heavy atom. The SMILES string of the molecule is O=S(=O)(NC1(CF)COC1)c1ccc(OC(F)F)c(Cl)c1. The minimum Gasteiger partial charge on any atom is -0.433 e. The van der Waals surface area contributed by atoms with Crippen LogP contribution in [0.4, 0.5) is 13.2 Å². The monoisotopic (exact) mass is 345 g/mol. The van der Waals surface area contributed by atoms with E-state index in [1.54, 1.807) is 0 Å². The van der Waals surface area contributed by atoms with Gasteiger partial charge in [-0.25, -0.2) is 12.8 Å². The van der Waals surface area contributed by atoms with E-state index in [0.29, 0.717) is 0 Å². The number of nitrogens with one attached hydrogen (secondary N) is 1. The quantitative estimate of drug-likeness (QED) is 0.856. The highest BCUT2D eigenvalue weighted by atomic mass is 35.5. The van der Waals surface area contributed by atoms with E-state index in [1.165, 1.54) is 0 Å². The van der Waals surface area contributed by atoms with E-state index in [4.69, 9.17) is 16.3 Å². The summed E-state index contributed by atoms with van der Waals surface area (Å²) in [4.78, 5) is -0.283. The zero-order valence-electron chi connectivity index (χ0n) is 10.5. The summed E-state index contributed by atoms with van der Waals surface area (Å²) in [5.74, 6) is -0.349. The van der Waals surface area contributed by atoms with Gasteiger partial charge in [-0.1, -0.05) is 11.6 Å². The van der Waals surface area contributed by atoms with Gasteiger partial charge in [0.1, 0.15) is 18.0 Å². The van der Waals surface area contributed by atoms with Crippen LogP contribution in [0.1, 0.15) is 0 Å². The van der Waals surface area contributed by atoms with Crippen LogP contribution in [0.5, 0.6) is 5.75 Å². The molecule has 1 aromatic rings. The summed E-state index contributed by atoms with van der Waals surface area (Å²) < 4.78 is 72.4. The summed E-state index contributed by atoms with van der Waals surface area (Å²) in [6.07, 6.45) is 0. The maximum atomic E-state index is 12.9. The highest BCUT2D eigenvalue weighted by Gasteiger charge is 2.42. The lowest BCUT2D eigenvalue weighted by atomic mass is 10.0. The molecule has 1 fully saturated rings. The first-order valence-electron chi connectivity index (χ1n) is 5.70. The van der Waals surface area contributed by atoms with Gasteiger partial charge in [0.15, 0.2) is 0 Å². The second-order valence-electron chi connectivity index (χ2n) is 4.48. The van der Waals surface area contributed by atoms with Crippen molar-refractivity contribution in [2.24, 2.45) is 0 Å². The molecule has 118 valence electrons. The molecule has 0 unspecified atom stereocenters. The second kappa shape index (κ2) is 5.99. The van der Waals surface area contributed by atoms with Crippen LogP contribution in [0.3, 0.4) is 0 Å². The van der Waals surface area contributed by atoms with Gasteiger partial charge >= 0.3 is 6.61 Å². The van der Waals surface area contributed by atoms with Gasteiger partial charge in [0, 0.05) is 0 Å². The molecule has 1 aliphatic heterocycles. The molecule has 0 aromatic heterocycles. The van der Waals surface area contributed by atoms with E-state index in [0.717, 1.165) is 18.2 Å². The lowest BCUT2D eigenvalue weighted by molar-refractivity contribution is -0.0725. The van der Waals surface area contributed by atoms with Crippen LogP contribution in [-0.2, 0) is 14.8 Å². The molecule has 1 saturated heterocycles. The van der Waals surface area contributed by atoms with E-state index >= 15 is 0 Å². The number of benzene rings is 1. The molecule has 0 aliphatic carbocycles. The summed E-state index contributed by atoms with van der Waals surface area (Å²) in [6.45, 7) is -4.16. The van der Waals surface area contributed by atoms with Crippen molar-refractivity contribution in [2.45, 2.75) is 17.0 Å². The molecular weight excluding hydrogens is 335 g/mol. The number of hydrogen-bond acceptors (Lipinski definition) is 4. The predicted molar refractivity (Wildman–Crippen MR) is 67.9 cm³/mol. The molecule has 1 aromatic carbocycles. The van der Waals surface area contributed by atoms with E-state index in [-0.39, 0.29) is 28.9 Å². The predicted octanol–water partition coefficient (Wildman–Crippen LogP) is 1.96. The van der Waals surface area contributed by atoms with Gasteiger partial charge < -0.3 is 9.47 Å². The third kappa shape index (κ3) is 3.60. The summed E-state index contributed by atoms with van der Waals surface area (Å²) in [7, 11) is -4.06. The first kappa shape index (κ1) is 16.3. The van der Waals surface area contributed by atoms with Crippen LogP contribution in [0.25, 0.3) is 0 Å². The summed E-state index contributed by atoms with van der Waals surface area (Å²) in [5, 5.41) is -0.294. The lowest BCUT2D eigenvalue weighted by Crippen LogP contribution is -2.63. The molecule has 10 heteroatoms. The van der Waals surface area contributed by atoms with Crippen LogP contribution >= 0.6 is 11.6 Å². The number of halogens is 4. The van der Waals surface area contributed by atoms with Gasteiger partial charge in [0.2, 0.25) is 10.0 Å². The Hall–Kier alpha value is -1.03. The second-order valence-corrected chi connectivity index (χ2v) is 6.57. The zero-order valence-corrected chi connectivity index (χ0v) is 12.1. The molecular formula is C11H11ClF3NO4S. The first-order valence-corrected chi connectivity index (χ1v) is 7.56. The fraction of sp³-hybridized carbons (Fsp3) is 0.455. The van der Waals surface area contributed by atoms with Crippen molar-refractivity contribution >= 4 is 21.6 Å². The Morgan fingerprint density at radius 1 is 1.43 bits per heavy atom. The Morgan fingerprint density at radius 3 is 2.52 bits per heavy atom. The molecule has 0 bridgehead atoms. The largest absolute Gasteiger partial charge is 0.433 e. The van der Waals surface area contributed by atoms with Crippen LogP contribution in [0, 0.1) is 0 Å². The van der Waals surface area contributed by atoms with Crippen LogP contribution < -0.4 is 9.46 Å². The van der Waals surface area contributed by atoms with Crippen molar-refractivity contribution < 1.29 is 31.1 Å². The standard InChI is InChI=1S/C11H11ClF3NO4S/c12-8-3-7(1-2-9(8)20-10(14)15)21(17,18)16-11(4-13)5-19-6-11/h1-3,10,16H,4-6H2. The fourth-order valence-corrected chi connectivity index (χ4v) is 3.37.